The second-order valence-corrected chi connectivity index (χ2v) is 6.38. The van der Waals surface area contributed by atoms with Crippen LogP contribution in [-0.4, -0.2) is 29.1 Å². The molecule has 0 aliphatic heterocycles. The van der Waals surface area contributed by atoms with Crippen molar-refractivity contribution in [3.8, 4) is 0 Å². The molecule has 2 heteroatoms. The minimum atomic E-state index is -0.419. The lowest BCUT2D eigenvalue weighted by molar-refractivity contribution is 0.0686. The second kappa shape index (κ2) is 6.53. The number of rotatable bonds is 6. The minimum absolute atomic E-state index is 0.124. The molecule has 1 aromatic carbocycles. The zero-order valence-electron chi connectivity index (χ0n) is 13.3. The summed E-state index contributed by atoms with van der Waals surface area (Å²) in [4.78, 5) is 2.23. The summed E-state index contributed by atoms with van der Waals surface area (Å²) in [6.07, 6.45) is 0.653. The average molecular weight is 263 g/mol. The monoisotopic (exact) mass is 263 g/mol. The number of aliphatic hydroxyl groups excluding tert-OH is 1. The van der Waals surface area contributed by atoms with E-state index in [4.69, 9.17) is 0 Å². The molecular weight excluding hydrogens is 234 g/mol. The molecule has 0 fully saturated rings. The largest absolute Gasteiger partial charge is 0.387 e. The van der Waals surface area contributed by atoms with E-state index in [1.54, 1.807) is 0 Å². The third-order valence-electron chi connectivity index (χ3n) is 4.33. The maximum absolute atomic E-state index is 10.3. The van der Waals surface area contributed by atoms with Crippen LogP contribution in [0.1, 0.15) is 64.2 Å². The number of hydrogen-bond acceptors (Lipinski definition) is 2. The van der Waals surface area contributed by atoms with Crippen LogP contribution in [0, 0.1) is 0 Å². The van der Waals surface area contributed by atoms with Gasteiger partial charge in [-0.1, -0.05) is 45.0 Å². The van der Waals surface area contributed by atoms with Crippen molar-refractivity contribution in [3.63, 3.8) is 0 Å². The van der Waals surface area contributed by atoms with Crippen molar-refractivity contribution in [1.82, 2.24) is 4.90 Å². The molecule has 0 bridgehead atoms. The van der Waals surface area contributed by atoms with Crippen LogP contribution in [0.5, 0.6) is 0 Å². The number of aliphatic hydroxyl groups is 1. The molecule has 0 radical (unpaired) electrons. The van der Waals surface area contributed by atoms with E-state index in [0.717, 1.165) is 12.0 Å². The van der Waals surface area contributed by atoms with Crippen LogP contribution < -0.4 is 0 Å². The van der Waals surface area contributed by atoms with Gasteiger partial charge in [-0.2, -0.15) is 0 Å². The van der Waals surface area contributed by atoms with Crippen molar-refractivity contribution in [2.75, 3.05) is 13.6 Å². The first-order chi connectivity index (χ1) is 8.77. The number of likely N-dealkylation sites (N-methyl/N-ethyl adjacent to an activating group) is 1. The fourth-order valence-corrected chi connectivity index (χ4v) is 1.98. The smallest absolute Gasteiger partial charge is 0.0917 e. The lowest BCUT2D eigenvalue weighted by atomic mass is 9.97. The van der Waals surface area contributed by atoms with Gasteiger partial charge in [-0.05, 0) is 44.4 Å². The van der Waals surface area contributed by atoms with E-state index < -0.39 is 6.10 Å². The molecule has 0 aliphatic carbocycles. The molecular formula is C17H29NO. The van der Waals surface area contributed by atoms with Gasteiger partial charge >= 0.3 is 0 Å². The molecule has 0 saturated heterocycles. The minimum Gasteiger partial charge on any atom is -0.387 e. The van der Waals surface area contributed by atoms with E-state index in [0.29, 0.717) is 12.5 Å². The highest BCUT2D eigenvalue weighted by Gasteiger charge is 2.23. The summed E-state index contributed by atoms with van der Waals surface area (Å²) in [6.45, 7) is 11.6. The molecule has 0 amide bonds. The molecule has 1 N–H and O–H groups in total. The lowest BCUT2D eigenvalue weighted by Crippen LogP contribution is -2.42. The van der Waals surface area contributed by atoms with Gasteiger partial charge in [0.2, 0.25) is 0 Å². The van der Waals surface area contributed by atoms with Crippen molar-refractivity contribution < 1.29 is 5.11 Å². The van der Waals surface area contributed by atoms with Crippen LogP contribution >= 0.6 is 0 Å². The van der Waals surface area contributed by atoms with Crippen molar-refractivity contribution in [1.29, 1.82) is 0 Å². The van der Waals surface area contributed by atoms with Gasteiger partial charge in [0.1, 0.15) is 0 Å². The maximum atomic E-state index is 10.3. The molecule has 1 aromatic rings. The second-order valence-electron chi connectivity index (χ2n) is 6.38. The normalized spacial score (nSPS) is 14.2. The fourth-order valence-electron chi connectivity index (χ4n) is 1.98. The van der Waals surface area contributed by atoms with E-state index in [1.165, 1.54) is 5.56 Å². The quantitative estimate of drug-likeness (QED) is 0.839. The molecule has 2 nitrogen and oxygen atoms in total. The molecule has 1 rings (SSSR count). The molecule has 0 aliphatic rings. The Labute approximate surface area is 118 Å². The van der Waals surface area contributed by atoms with Crippen LogP contribution in [0.2, 0.25) is 0 Å². The molecule has 19 heavy (non-hydrogen) atoms. The Bertz CT molecular complexity index is 381. The van der Waals surface area contributed by atoms with Crippen LogP contribution in [-0.2, 0) is 0 Å². The summed E-state index contributed by atoms with van der Waals surface area (Å²) in [5.74, 6) is 0.535. The molecule has 0 aromatic heterocycles. The van der Waals surface area contributed by atoms with Crippen LogP contribution in [0.3, 0.4) is 0 Å². The molecule has 0 heterocycles. The highest BCUT2D eigenvalue weighted by Crippen LogP contribution is 2.23. The lowest BCUT2D eigenvalue weighted by Gasteiger charge is -2.36. The first-order valence-corrected chi connectivity index (χ1v) is 7.27. The number of hydrogen-bond donors (Lipinski definition) is 1. The highest BCUT2D eigenvalue weighted by molar-refractivity contribution is 5.26. The zero-order chi connectivity index (χ0) is 14.6. The van der Waals surface area contributed by atoms with Gasteiger partial charge < -0.3 is 5.11 Å². The summed E-state index contributed by atoms with van der Waals surface area (Å²) >= 11 is 0. The Kier molecular flexibility index (Phi) is 5.57. The molecule has 0 spiro atoms. The molecule has 1 unspecified atom stereocenters. The van der Waals surface area contributed by atoms with Gasteiger partial charge in [0.25, 0.3) is 0 Å². The summed E-state index contributed by atoms with van der Waals surface area (Å²) in [7, 11) is 2.08. The van der Waals surface area contributed by atoms with E-state index in [-0.39, 0.29) is 5.54 Å². The predicted molar refractivity (Wildman–Crippen MR) is 82.5 cm³/mol. The van der Waals surface area contributed by atoms with Gasteiger partial charge in [-0.3, -0.25) is 4.90 Å². The van der Waals surface area contributed by atoms with Crippen LogP contribution in [0.15, 0.2) is 24.3 Å². The first-order valence-electron chi connectivity index (χ1n) is 7.27. The number of nitrogens with zero attached hydrogens (tertiary/aromatic N) is 1. The van der Waals surface area contributed by atoms with Crippen molar-refractivity contribution in [2.24, 2.45) is 0 Å². The highest BCUT2D eigenvalue weighted by atomic mass is 16.3. The summed E-state index contributed by atoms with van der Waals surface area (Å²) in [6, 6.07) is 8.34. The first kappa shape index (κ1) is 16.2. The van der Waals surface area contributed by atoms with Crippen molar-refractivity contribution in [3.05, 3.63) is 35.4 Å². The molecule has 108 valence electrons. The summed E-state index contributed by atoms with van der Waals surface area (Å²) < 4.78 is 0. The number of β-amino-alcohol motifs (C(OH)–C–C–N with tert-alkyl or cyclic N) is 1. The van der Waals surface area contributed by atoms with E-state index in [2.05, 4.69) is 58.7 Å². The standard InChI is InChI=1S/C17H29NO/c1-7-17(4,5)18(6)12-16(19)15-10-8-14(9-11-15)13(2)3/h8-11,13,16,19H,7,12H2,1-6H3. The molecule has 0 saturated carbocycles. The van der Waals surface area contributed by atoms with Gasteiger partial charge in [0.15, 0.2) is 0 Å². The van der Waals surface area contributed by atoms with Crippen LogP contribution in [0.25, 0.3) is 0 Å². The van der Waals surface area contributed by atoms with Crippen molar-refractivity contribution >= 4 is 0 Å². The predicted octanol–water partition coefficient (Wildman–Crippen LogP) is 3.96. The van der Waals surface area contributed by atoms with Crippen LogP contribution in [0.4, 0.5) is 0 Å². The van der Waals surface area contributed by atoms with E-state index >= 15 is 0 Å². The zero-order valence-corrected chi connectivity index (χ0v) is 13.3. The maximum Gasteiger partial charge on any atom is 0.0917 e. The number of benzene rings is 1. The third kappa shape index (κ3) is 4.32. The van der Waals surface area contributed by atoms with E-state index in [9.17, 15) is 5.11 Å². The van der Waals surface area contributed by atoms with Gasteiger partial charge in [0, 0.05) is 12.1 Å². The van der Waals surface area contributed by atoms with E-state index in [1.807, 2.05) is 12.1 Å². The Balaban J connectivity index is 2.70. The summed E-state index contributed by atoms with van der Waals surface area (Å²) in [5.41, 5.74) is 2.44. The summed E-state index contributed by atoms with van der Waals surface area (Å²) in [5, 5.41) is 10.3. The Hall–Kier alpha value is -0.860. The Morgan fingerprint density at radius 3 is 2.00 bits per heavy atom. The topological polar surface area (TPSA) is 23.5 Å². The SMILES string of the molecule is CCC(C)(C)N(C)CC(O)c1ccc(C(C)C)cc1. The van der Waals surface area contributed by atoms with Crippen molar-refractivity contribution in [2.45, 2.75) is 58.6 Å². The Morgan fingerprint density at radius 2 is 1.58 bits per heavy atom. The third-order valence-corrected chi connectivity index (χ3v) is 4.33. The Morgan fingerprint density at radius 1 is 1.11 bits per heavy atom. The fraction of sp³-hybridized carbons (Fsp3) is 0.647. The molecule has 1 atom stereocenters. The van der Waals surface area contributed by atoms with Gasteiger partial charge in [0.05, 0.1) is 6.10 Å². The van der Waals surface area contributed by atoms with Gasteiger partial charge in [-0.15, -0.1) is 0 Å². The van der Waals surface area contributed by atoms with Gasteiger partial charge in [-0.25, -0.2) is 0 Å². The average Bonchev–Trinajstić information content (AvgIpc) is 2.38.